The van der Waals surface area contributed by atoms with E-state index < -0.39 is 18.0 Å². The lowest BCUT2D eigenvalue weighted by Crippen LogP contribution is -2.61. The van der Waals surface area contributed by atoms with Gasteiger partial charge in [-0.25, -0.2) is 0 Å². The van der Waals surface area contributed by atoms with E-state index in [0.717, 1.165) is 19.0 Å². The van der Waals surface area contributed by atoms with E-state index in [4.69, 9.17) is 17.7 Å². The fraction of sp³-hybridized carbons (Fsp3) is 1.00. The summed E-state index contributed by atoms with van der Waals surface area (Å²) in [6.07, 6.45) is 1.13. The molecule has 1 unspecified atom stereocenters. The Labute approximate surface area is 101 Å². The van der Waals surface area contributed by atoms with Gasteiger partial charge in [0.25, 0.3) is 0 Å². The molecule has 1 fully saturated rings. The molecule has 0 radical (unpaired) electrons. The number of nitrogens with zero attached hydrogens (tertiary/aromatic N) is 1. The first kappa shape index (κ1) is 14.3. The highest BCUT2D eigenvalue weighted by molar-refractivity contribution is 6.66. The fourth-order valence-electron chi connectivity index (χ4n) is 2.46. The van der Waals surface area contributed by atoms with Crippen molar-refractivity contribution in [1.29, 1.82) is 0 Å². The van der Waals surface area contributed by atoms with Crippen LogP contribution in [0, 0.1) is 0 Å². The summed E-state index contributed by atoms with van der Waals surface area (Å²) in [5, 5.41) is 0. The minimum Gasteiger partial charge on any atom is -0.399 e. The molecule has 0 spiro atoms. The van der Waals surface area contributed by atoms with Gasteiger partial charge in [-0.2, -0.15) is 0 Å². The van der Waals surface area contributed by atoms with Crippen molar-refractivity contribution in [3.8, 4) is 0 Å². The van der Waals surface area contributed by atoms with Crippen molar-refractivity contribution in [2.45, 2.75) is 25.1 Å². The third kappa shape index (κ3) is 2.56. The van der Waals surface area contributed by atoms with E-state index in [2.05, 4.69) is 11.5 Å². The molecule has 0 bridgehead atoms. The van der Waals surface area contributed by atoms with Gasteiger partial charge in [0, 0.05) is 40.1 Å². The Kier molecular flexibility index (Phi) is 5.58. The van der Waals surface area contributed by atoms with Crippen LogP contribution in [0.1, 0.15) is 13.3 Å². The van der Waals surface area contributed by atoms with Gasteiger partial charge in [0.05, 0.1) is 0 Å². The van der Waals surface area contributed by atoms with Crippen molar-refractivity contribution in [2.24, 2.45) is 0 Å². The van der Waals surface area contributed by atoms with E-state index in [1.807, 2.05) is 0 Å². The minimum absolute atomic E-state index is 0.282. The van der Waals surface area contributed by atoms with Crippen molar-refractivity contribution < 1.29 is 17.7 Å². The minimum atomic E-state index is -2.16. The molecular formula is C9H23NO4Si2. The second-order valence-electron chi connectivity index (χ2n) is 4.00. The molecule has 7 heteroatoms. The summed E-state index contributed by atoms with van der Waals surface area (Å²) in [6, 6.07) is 1.03. The van der Waals surface area contributed by atoms with Crippen LogP contribution in [0.2, 0.25) is 6.04 Å². The molecule has 0 aromatic carbocycles. The van der Waals surface area contributed by atoms with Crippen molar-refractivity contribution in [3.63, 3.8) is 0 Å². The topological polar surface area (TPSA) is 40.2 Å². The monoisotopic (exact) mass is 265 g/mol. The lowest BCUT2D eigenvalue weighted by Gasteiger charge is -2.37. The molecule has 16 heavy (non-hydrogen) atoms. The Bertz CT molecular complexity index is 212. The Morgan fingerprint density at radius 3 is 2.12 bits per heavy atom. The second-order valence-corrected chi connectivity index (χ2v) is 9.96. The maximum atomic E-state index is 5.67. The normalized spacial score (nSPS) is 22.9. The highest BCUT2D eigenvalue weighted by Gasteiger charge is 2.51. The van der Waals surface area contributed by atoms with Crippen LogP contribution in [0.3, 0.4) is 0 Å². The Morgan fingerprint density at radius 1 is 1.12 bits per heavy atom. The number of hydrogen-bond acceptors (Lipinski definition) is 5. The lowest BCUT2D eigenvalue weighted by molar-refractivity contribution is 0.160. The van der Waals surface area contributed by atoms with Crippen LogP contribution in [0.5, 0.6) is 0 Å². The first-order chi connectivity index (χ1) is 7.65. The lowest BCUT2D eigenvalue weighted by atomic mass is 10.5. The molecule has 0 aromatic heterocycles. The summed E-state index contributed by atoms with van der Waals surface area (Å²) in [5.41, 5.74) is 0.282. The highest BCUT2D eigenvalue weighted by atomic mass is 28.4. The SMILES string of the molecule is CO[SiH](OC)C(C)N1CCC[Si]1(OC)OC. The van der Waals surface area contributed by atoms with Crippen LogP contribution in [-0.2, 0) is 17.7 Å². The standard InChI is InChI=1S/C9H23NO4Si2/c1-9(15(11-2)12-3)10-7-6-8-16(10,13-4)14-5/h9,15H,6-8H2,1-5H3. The first-order valence-corrected chi connectivity index (χ1v) is 9.16. The van der Waals surface area contributed by atoms with Gasteiger partial charge in [-0.3, -0.25) is 4.57 Å². The summed E-state index contributed by atoms with van der Waals surface area (Å²) in [4.78, 5) is 0. The average Bonchev–Trinajstić information content (AvgIpc) is 2.74. The number of rotatable bonds is 6. The largest absolute Gasteiger partial charge is 0.427 e. The summed E-state index contributed by atoms with van der Waals surface area (Å²) < 4.78 is 24.6. The zero-order valence-electron chi connectivity index (χ0n) is 10.9. The van der Waals surface area contributed by atoms with E-state index >= 15 is 0 Å². The van der Waals surface area contributed by atoms with Crippen LogP contribution in [0.15, 0.2) is 0 Å². The van der Waals surface area contributed by atoms with Gasteiger partial charge in [-0.1, -0.05) is 0 Å². The quantitative estimate of drug-likeness (QED) is 0.649. The van der Waals surface area contributed by atoms with E-state index in [1.165, 1.54) is 0 Å². The van der Waals surface area contributed by atoms with E-state index in [-0.39, 0.29) is 5.67 Å². The van der Waals surface area contributed by atoms with Gasteiger partial charge in [0.15, 0.2) is 0 Å². The molecular weight excluding hydrogens is 242 g/mol. The van der Waals surface area contributed by atoms with E-state index in [0.29, 0.717) is 0 Å². The molecule has 1 aliphatic rings. The van der Waals surface area contributed by atoms with E-state index in [1.54, 1.807) is 28.4 Å². The molecule has 0 amide bonds. The third-order valence-electron chi connectivity index (χ3n) is 3.32. The van der Waals surface area contributed by atoms with Crippen molar-refractivity contribution in [3.05, 3.63) is 0 Å². The molecule has 1 saturated heterocycles. The van der Waals surface area contributed by atoms with Crippen molar-refractivity contribution >= 4 is 18.0 Å². The van der Waals surface area contributed by atoms with Crippen molar-refractivity contribution in [1.82, 2.24) is 4.57 Å². The van der Waals surface area contributed by atoms with Gasteiger partial charge in [0.1, 0.15) is 0 Å². The second kappa shape index (κ2) is 6.24. The van der Waals surface area contributed by atoms with E-state index in [9.17, 15) is 0 Å². The third-order valence-corrected chi connectivity index (χ3v) is 9.46. The molecule has 0 aliphatic carbocycles. The summed E-state index contributed by atoms with van der Waals surface area (Å²) in [6.45, 7) is 3.17. The zero-order valence-corrected chi connectivity index (χ0v) is 13.0. The van der Waals surface area contributed by atoms with Gasteiger partial charge in [-0.05, 0) is 19.9 Å². The molecule has 1 heterocycles. The maximum absolute atomic E-state index is 5.67. The average molecular weight is 265 g/mol. The Hall–Kier alpha value is 0.234. The Balaban J connectivity index is 2.77. The van der Waals surface area contributed by atoms with Crippen LogP contribution < -0.4 is 0 Å². The molecule has 1 rings (SSSR count). The smallest absolute Gasteiger partial charge is 0.399 e. The molecule has 0 saturated carbocycles. The Morgan fingerprint density at radius 2 is 1.69 bits per heavy atom. The number of hydrogen-bond donors (Lipinski definition) is 0. The first-order valence-electron chi connectivity index (χ1n) is 5.57. The van der Waals surface area contributed by atoms with Gasteiger partial charge in [-0.15, -0.1) is 0 Å². The summed E-state index contributed by atoms with van der Waals surface area (Å²) in [7, 11) is 3.12. The highest BCUT2D eigenvalue weighted by Crippen LogP contribution is 2.29. The van der Waals surface area contributed by atoms with Gasteiger partial charge in [0.2, 0.25) is 0 Å². The van der Waals surface area contributed by atoms with Crippen LogP contribution in [-0.4, -0.2) is 63.2 Å². The molecule has 5 nitrogen and oxygen atoms in total. The van der Waals surface area contributed by atoms with Crippen LogP contribution >= 0.6 is 0 Å². The summed E-state index contributed by atoms with van der Waals surface area (Å²) >= 11 is 0. The van der Waals surface area contributed by atoms with Crippen molar-refractivity contribution in [2.75, 3.05) is 35.0 Å². The van der Waals surface area contributed by atoms with Gasteiger partial charge < -0.3 is 17.7 Å². The zero-order chi connectivity index (χ0) is 12.2. The summed E-state index contributed by atoms with van der Waals surface area (Å²) in [5.74, 6) is 0. The fourth-order valence-corrected chi connectivity index (χ4v) is 7.98. The predicted octanol–water partition coefficient (Wildman–Crippen LogP) is 0.365. The maximum Gasteiger partial charge on any atom is 0.427 e. The molecule has 1 aliphatic heterocycles. The van der Waals surface area contributed by atoms with Crippen LogP contribution in [0.25, 0.3) is 0 Å². The predicted molar refractivity (Wildman–Crippen MR) is 66.5 cm³/mol. The molecule has 96 valence electrons. The molecule has 1 atom stereocenters. The van der Waals surface area contributed by atoms with Gasteiger partial charge >= 0.3 is 18.0 Å². The van der Waals surface area contributed by atoms with Crippen LogP contribution in [0.4, 0.5) is 0 Å². The molecule has 0 N–H and O–H groups in total. The molecule has 0 aromatic rings.